The Balaban J connectivity index is 2.50. The van der Waals surface area contributed by atoms with Gasteiger partial charge in [-0.1, -0.05) is 0 Å². The zero-order valence-corrected chi connectivity index (χ0v) is 10.8. The molecule has 1 rings (SSSR count). The van der Waals surface area contributed by atoms with Gasteiger partial charge >= 0.3 is 6.09 Å². The van der Waals surface area contributed by atoms with Crippen LogP contribution in [0.25, 0.3) is 0 Å². The van der Waals surface area contributed by atoms with Gasteiger partial charge in [0.05, 0.1) is 0 Å². The molecule has 16 heavy (non-hydrogen) atoms. The van der Waals surface area contributed by atoms with Crippen molar-refractivity contribution in [3.8, 4) is 0 Å². The van der Waals surface area contributed by atoms with Gasteiger partial charge in [-0.2, -0.15) is 0 Å². The summed E-state index contributed by atoms with van der Waals surface area (Å²) in [4.78, 5) is 13.6. The second kappa shape index (κ2) is 5.04. The average Bonchev–Trinajstić information content (AvgIpc) is 2.15. The molecule has 4 nitrogen and oxygen atoms in total. The van der Waals surface area contributed by atoms with E-state index in [4.69, 9.17) is 10.5 Å². The van der Waals surface area contributed by atoms with Crippen molar-refractivity contribution >= 4 is 6.09 Å². The normalized spacial score (nSPS) is 24.1. The third-order valence-electron chi connectivity index (χ3n) is 2.85. The highest BCUT2D eigenvalue weighted by atomic mass is 16.6. The van der Waals surface area contributed by atoms with E-state index in [-0.39, 0.29) is 12.1 Å². The molecule has 1 aliphatic rings. The molecule has 1 aliphatic heterocycles. The first-order valence-electron chi connectivity index (χ1n) is 6.03. The van der Waals surface area contributed by atoms with Crippen LogP contribution in [0.15, 0.2) is 0 Å². The van der Waals surface area contributed by atoms with E-state index in [2.05, 4.69) is 0 Å². The topological polar surface area (TPSA) is 55.6 Å². The van der Waals surface area contributed by atoms with Crippen LogP contribution < -0.4 is 5.73 Å². The number of amides is 1. The predicted octanol–water partition coefficient (Wildman–Crippen LogP) is 1.98. The largest absolute Gasteiger partial charge is 0.444 e. The van der Waals surface area contributed by atoms with Crippen LogP contribution in [0.4, 0.5) is 4.79 Å². The monoisotopic (exact) mass is 228 g/mol. The zero-order chi connectivity index (χ0) is 12.3. The van der Waals surface area contributed by atoms with Gasteiger partial charge in [-0.25, -0.2) is 4.79 Å². The summed E-state index contributed by atoms with van der Waals surface area (Å²) in [5.74, 6) is 0.404. The molecule has 0 aliphatic carbocycles. The summed E-state index contributed by atoms with van der Waals surface area (Å²) in [6.45, 7) is 9.18. The molecule has 0 spiro atoms. The minimum atomic E-state index is -0.418. The first-order chi connectivity index (χ1) is 7.29. The Hall–Kier alpha value is -0.770. The van der Waals surface area contributed by atoms with Gasteiger partial charge < -0.3 is 15.4 Å². The fourth-order valence-electron chi connectivity index (χ4n) is 1.93. The molecule has 0 aromatic rings. The second-order valence-electron chi connectivity index (χ2n) is 5.69. The lowest BCUT2D eigenvalue weighted by Crippen LogP contribution is -2.46. The van der Waals surface area contributed by atoms with Gasteiger partial charge in [0.2, 0.25) is 0 Å². The maximum absolute atomic E-state index is 11.8. The van der Waals surface area contributed by atoms with Gasteiger partial charge in [-0.15, -0.1) is 0 Å². The van der Waals surface area contributed by atoms with Crippen molar-refractivity contribution in [2.24, 2.45) is 11.7 Å². The molecular formula is C12H24N2O2. The Morgan fingerprint density at radius 3 is 2.62 bits per heavy atom. The number of rotatable bonds is 1. The lowest BCUT2D eigenvalue weighted by molar-refractivity contribution is 0.0156. The molecule has 94 valence electrons. The van der Waals surface area contributed by atoms with E-state index in [1.54, 1.807) is 4.90 Å². The Kier molecular flexibility index (Phi) is 4.19. The summed E-state index contributed by atoms with van der Waals surface area (Å²) in [5, 5.41) is 0. The van der Waals surface area contributed by atoms with Gasteiger partial charge in [0.15, 0.2) is 0 Å². The Morgan fingerprint density at radius 2 is 2.12 bits per heavy atom. The minimum Gasteiger partial charge on any atom is -0.444 e. The molecule has 4 heteroatoms. The molecule has 0 radical (unpaired) electrons. The van der Waals surface area contributed by atoms with Gasteiger partial charge in [0, 0.05) is 19.1 Å². The van der Waals surface area contributed by atoms with E-state index in [0.717, 1.165) is 25.9 Å². The molecule has 0 aromatic heterocycles. The molecule has 1 saturated heterocycles. The van der Waals surface area contributed by atoms with E-state index in [1.807, 2.05) is 27.7 Å². The number of hydrogen-bond acceptors (Lipinski definition) is 3. The predicted molar refractivity (Wildman–Crippen MR) is 64.2 cm³/mol. The standard InChI is InChI=1S/C12H24N2O2/c1-9(13)10-6-5-7-14(8-10)11(15)16-12(2,3)4/h9-10H,5-8,13H2,1-4H3/t9-,10+/m0/s1. The molecule has 1 fully saturated rings. The summed E-state index contributed by atoms with van der Waals surface area (Å²) >= 11 is 0. The van der Waals surface area contributed by atoms with E-state index in [1.165, 1.54) is 0 Å². The molecule has 0 bridgehead atoms. The Labute approximate surface area is 98.1 Å². The fraction of sp³-hybridized carbons (Fsp3) is 0.917. The van der Waals surface area contributed by atoms with Crippen LogP contribution in [-0.2, 0) is 4.74 Å². The van der Waals surface area contributed by atoms with Crippen molar-refractivity contribution in [3.05, 3.63) is 0 Å². The number of hydrogen-bond donors (Lipinski definition) is 1. The maximum atomic E-state index is 11.8. The number of ether oxygens (including phenoxy) is 1. The smallest absolute Gasteiger partial charge is 0.410 e. The number of nitrogens with two attached hydrogens (primary N) is 1. The highest BCUT2D eigenvalue weighted by Crippen LogP contribution is 2.20. The molecule has 0 unspecified atom stereocenters. The van der Waals surface area contributed by atoms with Crippen LogP contribution in [0.5, 0.6) is 0 Å². The van der Waals surface area contributed by atoms with Crippen LogP contribution in [0.2, 0.25) is 0 Å². The fourth-order valence-corrected chi connectivity index (χ4v) is 1.93. The third kappa shape index (κ3) is 4.00. The average molecular weight is 228 g/mol. The van der Waals surface area contributed by atoms with Crippen LogP contribution >= 0.6 is 0 Å². The lowest BCUT2D eigenvalue weighted by atomic mass is 9.92. The second-order valence-corrected chi connectivity index (χ2v) is 5.69. The maximum Gasteiger partial charge on any atom is 0.410 e. The summed E-state index contributed by atoms with van der Waals surface area (Å²) < 4.78 is 5.35. The van der Waals surface area contributed by atoms with Gasteiger partial charge in [0.1, 0.15) is 5.60 Å². The van der Waals surface area contributed by atoms with Crippen LogP contribution in [0.3, 0.4) is 0 Å². The number of carbonyl (C=O) groups excluding carboxylic acids is 1. The molecule has 0 aromatic carbocycles. The highest BCUT2D eigenvalue weighted by molar-refractivity contribution is 5.68. The summed E-state index contributed by atoms with van der Waals surface area (Å²) in [7, 11) is 0. The van der Waals surface area contributed by atoms with Crippen LogP contribution in [0.1, 0.15) is 40.5 Å². The SMILES string of the molecule is C[C@H](N)[C@@H]1CCCN(C(=O)OC(C)(C)C)C1. The Morgan fingerprint density at radius 1 is 1.50 bits per heavy atom. The summed E-state index contributed by atoms with van der Waals surface area (Å²) in [6, 6.07) is 0.144. The van der Waals surface area contributed by atoms with E-state index in [0.29, 0.717) is 5.92 Å². The van der Waals surface area contributed by atoms with E-state index >= 15 is 0 Å². The minimum absolute atomic E-state index is 0.144. The lowest BCUT2D eigenvalue weighted by Gasteiger charge is -2.35. The number of nitrogens with zero attached hydrogens (tertiary/aromatic N) is 1. The number of likely N-dealkylation sites (tertiary alicyclic amines) is 1. The first kappa shape index (κ1) is 13.3. The van der Waals surface area contributed by atoms with Crippen molar-refractivity contribution in [2.75, 3.05) is 13.1 Å². The third-order valence-corrected chi connectivity index (χ3v) is 2.85. The van der Waals surface area contributed by atoms with Crippen molar-refractivity contribution in [2.45, 2.75) is 52.2 Å². The van der Waals surface area contributed by atoms with Gasteiger partial charge in [-0.05, 0) is 46.5 Å². The van der Waals surface area contributed by atoms with Crippen molar-refractivity contribution in [1.82, 2.24) is 4.90 Å². The summed E-state index contributed by atoms with van der Waals surface area (Å²) in [5.41, 5.74) is 5.46. The number of piperidine rings is 1. The van der Waals surface area contributed by atoms with Crippen molar-refractivity contribution in [1.29, 1.82) is 0 Å². The quantitative estimate of drug-likeness (QED) is 0.746. The summed E-state index contributed by atoms with van der Waals surface area (Å²) in [6.07, 6.45) is 1.92. The van der Waals surface area contributed by atoms with Gasteiger partial charge in [0.25, 0.3) is 0 Å². The van der Waals surface area contributed by atoms with Crippen molar-refractivity contribution < 1.29 is 9.53 Å². The van der Waals surface area contributed by atoms with Crippen LogP contribution in [0, 0.1) is 5.92 Å². The zero-order valence-electron chi connectivity index (χ0n) is 10.8. The number of carbonyl (C=O) groups is 1. The molecule has 1 amide bonds. The molecule has 2 N–H and O–H groups in total. The first-order valence-corrected chi connectivity index (χ1v) is 6.03. The van der Waals surface area contributed by atoms with Gasteiger partial charge in [-0.3, -0.25) is 0 Å². The highest BCUT2D eigenvalue weighted by Gasteiger charge is 2.28. The molecule has 2 atom stereocenters. The Bertz CT molecular complexity index is 246. The van der Waals surface area contributed by atoms with E-state index < -0.39 is 5.60 Å². The molecular weight excluding hydrogens is 204 g/mol. The van der Waals surface area contributed by atoms with Crippen molar-refractivity contribution in [3.63, 3.8) is 0 Å². The van der Waals surface area contributed by atoms with Crippen LogP contribution in [-0.4, -0.2) is 35.7 Å². The molecule has 0 saturated carbocycles. The molecule has 1 heterocycles. The van der Waals surface area contributed by atoms with E-state index in [9.17, 15) is 4.79 Å².